The number of hydrogen-bond acceptors (Lipinski definition) is 4. The van der Waals surface area contributed by atoms with E-state index >= 15 is 0 Å². The van der Waals surface area contributed by atoms with E-state index in [1.165, 1.54) is 11.1 Å². The highest BCUT2D eigenvalue weighted by atomic mass is 16.1. The summed E-state index contributed by atoms with van der Waals surface area (Å²) < 4.78 is 1.40. The Morgan fingerprint density at radius 2 is 2.32 bits per heavy atom. The SMILES string of the molecule is CNC(=O)CCCn1ncc(NC2CCC2)cc1=O. The van der Waals surface area contributed by atoms with E-state index in [0.717, 1.165) is 18.5 Å². The molecule has 1 aliphatic carbocycles. The van der Waals surface area contributed by atoms with Gasteiger partial charge in [-0.05, 0) is 25.7 Å². The molecule has 1 heterocycles. The van der Waals surface area contributed by atoms with E-state index in [1.54, 1.807) is 19.3 Å². The van der Waals surface area contributed by atoms with Crippen LogP contribution in [0.15, 0.2) is 17.1 Å². The fraction of sp³-hybridized carbons (Fsp3) is 0.615. The number of hydrogen-bond donors (Lipinski definition) is 2. The molecule has 2 N–H and O–H groups in total. The summed E-state index contributed by atoms with van der Waals surface area (Å²) in [5.74, 6) is -0.0173. The second kappa shape index (κ2) is 6.36. The van der Waals surface area contributed by atoms with Gasteiger partial charge in [-0.3, -0.25) is 9.59 Å². The molecule has 1 fully saturated rings. The van der Waals surface area contributed by atoms with Gasteiger partial charge in [-0.25, -0.2) is 4.68 Å². The van der Waals surface area contributed by atoms with Crippen molar-refractivity contribution in [2.24, 2.45) is 0 Å². The molecule has 0 atom stereocenters. The average molecular weight is 264 g/mol. The first kappa shape index (κ1) is 13.6. The van der Waals surface area contributed by atoms with Crippen LogP contribution in [0.5, 0.6) is 0 Å². The van der Waals surface area contributed by atoms with Crippen molar-refractivity contribution >= 4 is 11.6 Å². The van der Waals surface area contributed by atoms with Crippen molar-refractivity contribution < 1.29 is 4.79 Å². The molecular formula is C13H20N4O2. The Bertz CT molecular complexity index is 494. The van der Waals surface area contributed by atoms with Gasteiger partial charge in [-0.15, -0.1) is 0 Å². The highest BCUT2D eigenvalue weighted by molar-refractivity contribution is 5.75. The third-order valence-electron chi connectivity index (χ3n) is 3.40. The van der Waals surface area contributed by atoms with Crippen LogP contribution < -0.4 is 16.2 Å². The van der Waals surface area contributed by atoms with Gasteiger partial charge >= 0.3 is 0 Å². The van der Waals surface area contributed by atoms with E-state index in [1.807, 2.05) is 0 Å². The van der Waals surface area contributed by atoms with Gasteiger partial charge in [0.1, 0.15) is 0 Å². The molecule has 2 rings (SSSR count). The summed E-state index contributed by atoms with van der Waals surface area (Å²) in [7, 11) is 1.60. The molecule has 19 heavy (non-hydrogen) atoms. The van der Waals surface area contributed by atoms with Gasteiger partial charge in [0.2, 0.25) is 5.91 Å². The number of anilines is 1. The smallest absolute Gasteiger partial charge is 0.268 e. The van der Waals surface area contributed by atoms with Gasteiger partial charge in [-0.1, -0.05) is 0 Å². The van der Waals surface area contributed by atoms with Gasteiger partial charge in [0.25, 0.3) is 5.56 Å². The zero-order valence-corrected chi connectivity index (χ0v) is 11.2. The van der Waals surface area contributed by atoms with Crippen LogP contribution in [-0.4, -0.2) is 28.8 Å². The first-order valence-corrected chi connectivity index (χ1v) is 6.73. The van der Waals surface area contributed by atoms with E-state index in [2.05, 4.69) is 15.7 Å². The Hall–Kier alpha value is -1.85. The Balaban J connectivity index is 1.87. The van der Waals surface area contributed by atoms with Crippen molar-refractivity contribution in [1.29, 1.82) is 0 Å². The largest absolute Gasteiger partial charge is 0.381 e. The van der Waals surface area contributed by atoms with Crippen LogP contribution in [0.1, 0.15) is 32.1 Å². The summed E-state index contributed by atoms with van der Waals surface area (Å²) in [5.41, 5.74) is 0.665. The maximum absolute atomic E-state index is 11.8. The summed E-state index contributed by atoms with van der Waals surface area (Å²) in [6.45, 7) is 0.468. The molecule has 0 spiro atoms. The van der Waals surface area contributed by atoms with E-state index in [4.69, 9.17) is 0 Å². The van der Waals surface area contributed by atoms with Crippen LogP contribution >= 0.6 is 0 Å². The molecule has 6 nitrogen and oxygen atoms in total. The normalized spacial score (nSPS) is 14.8. The number of aromatic nitrogens is 2. The predicted octanol–water partition coefficient (Wildman–Crippen LogP) is 0.734. The Morgan fingerprint density at radius 3 is 2.89 bits per heavy atom. The number of rotatable bonds is 6. The molecule has 0 radical (unpaired) electrons. The molecule has 0 unspecified atom stereocenters. The molecule has 0 bridgehead atoms. The Kier molecular flexibility index (Phi) is 4.54. The first-order chi connectivity index (χ1) is 9.19. The number of nitrogens with one attached hydrogen (secondary N) is 2. The Labute approximate surface area is 112 Å². The lowest BCUT2D eigenvalue weighted by atomic mass is 9.93. The number of aryl methyl sites for hydroxylation is 1. The van der Waals surface area contributed by atoms with E-state index in [9.17, 15) is 9.59 Å². The minimum absolute atomic E-state index is 0.0173. The lowest BCUT2D eigenvalue weighted by molar-refractivity contribution is -0.120. The van der Waals surface area contributed by atoms with Crippen LogP contribution in [0.3, 0.4) is 0 Å². The maximum Gasteiger partial charge on any atom is 0.268 e. The monoisotopic (exact) mass is 264 g/mol. The van der Waals surface area contributed by atoms with Gasteiger partial charge in [-0.2, -0.15) is 5.10 Å². The standard InChI is InChI=1S/C13H20N4O2/c1-14-12(18)6-3-7-17-13(19)8-11(9-15-17)16-10-4-2-5-10/h8-10,16H,2-7H2,1H3,(H,14,18). The summed E-state index contributed by atoms with van der Waals surface area (Å²) in [5, 5.41) is 9.96. The van der Waals surface area contributed by atoms with Gasteiger partial charge in [0.05, 0.1) is 11.9 Å². The fourth-order valence-corrected chi connectivity index (χ4v) is 1.98. The zero-order chi connectivity index (χ0) is 13.7. The van der Waals surface area contributed by atoms with Gasteiger partial charge in [0, 0.05) is 32.1 Å². The minimum Gasteiger partial charge on any atom is -0.381 e. The van der Waals surface area contributed by atoms with Crippen molar-refractivity contribution in [1.82, 2.24) is 15.1 Å². The number of carbonyl (C=O) groups is 1. The Morgan fingerprint density at radius 1 is 1.53 bits per heavy atom. The van der Waals surface area contributed by atoms with Crippen LogP contribution in [0, 0.1) is 0 Å². The van der Waals surface area contributed by atoms with Crippen LogP contribution in [-0.2, 0) is 11.3 Å². The number of carbonyl (C=O) groups excluding carboxylic acids is 1. The second-order valence-corrected chi connectivity index (χ2v) is 4.85. The number of amides is 1. The molecule has 1 amide bonds. The predicted molar refractivity (Wildman–Crippen MR) is 73.1 cm³/mol. The third kappa shape index (κ3) is 3.81. The van der Waals surface area contributed by atoms with Crippen molar-refractivity contribution in [3.8, 4) is 0 Å². The highest BCUT2D eigenvalue weighted by Crippen LogP contribution is 2.21. The molecule has 6 heteroatoms. The zero-order valence-electron chi connectivity index (χ0n) is 11.2. The third-order valence-corrected chi connectivity index (χ3v) is 3.40. The fourth-order valence-electron chi connectivity index (χ4n) is 1.98. The molecule has 1 aliphatic rings. The van der Waals surface area contributed by atoms with Crippen molar-refractivity contribution in [3.05, 3.63) is 22.6 Å². The average Bonchev–Trinajstić information content (AvgIpc) is 2.36. The molecule has 0 saturated heterocycles. The van der Waals surface area contributed by atoms with E-state index < -0.39 is 0 Å². The first-order valence-electron chi connectivity index (χ1n) is 6.73. The van der Waals surface area contributed by atoms with E-state index in [-0.39, 0.29) is 11.5 Å². The molecule has 1 aromatic heterocycles. The topological polar surface area (TPSA) is 76.0 Å². The second-order valence-electron chi connectivity index (χ2n) is 4.85. The van der Waals surface area contributed by atoms with Crippen molar-refractivity contribution in [2.45, 2.75) is 44.7 Å². The molecule has 0 aromatic carbocycles. The van der Waals surface area contributed by atoms with E-state index in [0.29, 0.717) is 25.4 Å². The summed E-state index contributed by atoms with van der Waals surface area (Å²) >= 11 is 0. The molecule has 104 valence electrons. The van der Waals surface area contributed by atoms with Crippen molar-refractivity contribution in [2.75, 3.05) is 12.4 Å². The molecule has 1 aromatic rings. The molecule has 1 saturated carbocycles. The molecular weight excluding hydrogens is 244 g/mol. The van der Waals surface area contributed by atoms with Gasteiger partial charge < -0.3 is 10.6 Å². The van der Waals surface area contributed by atoms with Crippen LogP contribution in [0.2, 0.25) is 0 Å². The quantitative estimate of drug-likeness (QED) is 0.794. The highest BCUT2D eigenvalue weighted by Gasteiger charge is 2.17. The summed E-state index contributed by atoms with van der Waals surface area (Å²) in [6, 6.07) is 2.07. The minimum atomic E-state index is -0.124. The summed E-state index contributed by atoms with van der Waals surface area (Å²) in [6.07, 6.45) is 6.28. The number of nitrogens with zero attached hydrogens (tertiary/aromatic N) is 2. The lowest BCUT2D eigenvalue weighted by Gasteiger charge is -2.27. The maximum atomic E-state index is 11.8. The van der Waals surface area contributed by atoms with Gasteiger partial charge in [0.15, 0.2) is 0 Å². The lowest BCUT2D eigenvalue weighted by Crippen LogP contribution is -2.29. The van der Waals surface area contributed by atoms with Crippen LogP contribution in [0.25, 0.3) is 0 Å². The van der Waals surface area contributed by atoms with Crippen LogP contribution in [0.4, 0.5) is 5.69 Å². The summed E-state index contributed by atoms with van der Waals surface area (Å²) in [4.78, 5) is 22.9. The van der Waals surface area contributed by atoms with Crippen molar-refractivity contribution in [3.63, 3.8) is 0 Å². The molecule has 0 aliphatic heterocycles.